The fraction of sp³-hybridized carbons (Fsp3) is 0.600. The average Bonchev–Trinajstić information content (AvgIpc) is 3.22. The zero-order chi connectivity index (χ0) is 26.2. The molecule has 2 unspecified atom stereocenters. The maximum atomic E-state index is 13.2. The molecule has 196 valence electrons. The Morgan fingerprint density at radius 3 is 2.29 bits per heavy atom. The smallest absolute Gasteiger partial charge is 0.416 e. The Labute approximate surface area is 210 Å². The summed E-state index contributed by atoms with van der Waals surface area (Å²) in [6, 6.07) is 4.93. The lowest BCUT2D eigenvalue weighted by atomic mass is 9.90. The van der Waals surface area contributed by atoms with Crippen LogP contribution in [0.5, 0.6) is 0 Å². The minimum Gasteiger partial charge on any atom is -0.465 e. The lowest BCUT2D eigenvalue weighted by molar-refractivity contribution is -0.137. The molecule has 1 fully saturated rings. The third kappa shape index (κ3) is 9.04. The van der Waals surface area contributed by atoms with Crippen molar-refractivity contribution in [2.45, 2.75) is 97.3 Å². The number of rotatable bonds is 8. The first-order chi connectivity index (χ1) is 16.5. The van der Waals surface area contributed by atoms with Crippen LogP contribution in [0.1, 0.15) is 70.2 Å². The SMILES string of the molecule is CC(C)OC=O.CCC1CC(N(Cc2cc(Cl)cc(C(F)(F)F)c2)c2nc(C)co2)CC(CC)N1. The molecule has 3 rings (SSSR count). The zero-order valence-corrected chi connectivity index (χ0v) is 21.6. The number of carbonyl (C=O) groups excluding carboxylic acids is 1. The van der Waals surface area contributed by atoms with Crippen LogP contribution in [-0.2, 0) is 22.3 Å². The van der Waals surface area contributed by atoms with Gasteiger partial charge >= 0.3 is 6.18 Å². The van der Waals surface area contributed by atoms with E-state index in [1.165, 1.54) is 0 Å². The Balaban J connectivity index is 0.000000641. The van der Waals surface area contributed by atoms with Crippen LogP contribution in [-0.4, -0.2) is 35.7 Å². The number of aryl methyl sites for hydroxylation is 1. The highest BCUT2D eigenvalue weighted by Crippen LogP contribution is 2.34. The predicted molar refractivity (Wildman–Crippen MR) is 130 cm³/mol. The molecule has 10 heteroatoms. The van der Waals surface area contributed by atoms with Crippen LogP contribution in [0.15, 0.2) is 28.9 Å². The zero-order valence-electron chi connectivity index (χ0n) is 20.9. The summed E-state index contributed by atoms with van der Waals surface area (Å²) in [4.78, 5) is 15.8. The third-order valence-electron chi connectivity index (χ3n) is 5.83. The minimum atomic E-state index is -4.45. The van der Waals surface area contributed by atoms with Crippen molar-refractivity contribution in [3.8, 4) is 0 Å². The summed E-state index contributed by atoms with van der Waals surface area (Å²) in [5.74, 6) is 0. The van der Waals surface area contributed by atoms with Gasteiger partial charge in [-0.1, -0.05) is 25.4 Å². The molecule has 1 aromatic heterocycles. The number of aromatic nitrogens is 1. The fourth-order valence-electron chi connectivity index (χ4n) is 4.09. The standard InChI is InChI=1S/C21H27ClF3N3O.C4H8O2/c1-4-17-9-19(10-18(5-2)27-17)28(20-26-13(3)12-29-20)11-14-6-15(21(23,24)25)8-16(22)7-14;1-4(2)6-3-5/h6-8,12,17-19,27H,4-5,9-11H2,1-3H3;3-4H,1-2H3. The normalized spacial score (nSPS) is 20.2. The largest absolute Gasteiger partial charge is 0.465 e. The molecule has 2 heterocycles. The molecule has 0 aliphatic carbocycles. The van der Waals surface area contributed by atoms with Crippen LogP contribution in [0.25, 0.3) is 0 Å². The number of halogens is 4. The van der Waals surface area contributed by atoms with Crippen molar-refractivity contribution in [3.05, 3.63) is 46.3 Å². The lowest BCUT2D eigenvalue weighted by Gasteiger charge is -2.41. The van der Waals surface area contributed by atoms with Gasteiger partial charge in [-0.3, -0.25) is 4.79 Å². The number of ether oxygens (including phenoxy) is 1. The molecule has 35 heavy (non-hydrogen) atoms. The van der Waals surface area contributed by atoms with Crippen molar-refractivity contribution in [2.24, 2.45) is 0 Å². The van der Waals surface area contributed by atoms with Crippen LogP contribution in [0.3, 0.4) is 0 Å². The van der Waals surface area contributed by atoms with E-state index in [1.807, 2.05) is 11.8 Å². The minimum absolute atomic E-state index is 0.0301. The van der Waals surface area contributed by atoms with Crippen LogP contribution in [0.2, 0.25) is 5.02 Å². The van der Waals surface area contributed by atoms with Crippen molar-refractivity contribution in [2.75, 3.05) is 4.90 Å². The quantitative estimate of drug-likeness (QED) is 0.401. The number of hydrogen-bond acceptors (Lipinski definition) is 6. The Morgan fingerprint density at radius 2 is 1.86 bits per heavy atom. The molecule has 0 radical (unpaired) electrons. The molecule has 1 N–H and O–H groups in total. The number of oxazole rings is 1. The monoisotopic (exact) mass is 517 g/mol. The molecule has 0 spiro atoms. The Hall–Kier alpha value is -2.26. The molecule has 1 aliphatic heterocycles. The van der Waals surface area contributed by atoms with Crippen molar-refractivity contribution in [1.82, 2.24) is 10.3 Å². The van der Waals surface area contributed by atoms with Gasteiger partial charge in [-0.25, -0.2) is 0 Å². The highest BCUT2D eigenvalue weighted by molar-refractivity contribution is 6.30. The van der Waals surface area contributed by atoms with Crippen molar-refractivity contribution in [3.63, 3.8) is 0 Å². The molecular formula is C25H35ClF3N3O3. The van der Waals surface area contributed by atoms with E-state index in [4.69, 9.17) is 16.0 Å². The number of alkyl halides is 3. The first-order valence-corrected chi connectivity index (χ1v) is 12.2. The van der Waals surface area contributed by atoms with Gasteiger partial charge in [0.05, 0.1) is 17.4 Å². The number of nitrogens with one attached hydrogen (secondary N) is 1. The van der Waals surface area contributed by atoms with E-state index >= 15 is 0 Å². The number of piperidine rings is 1. The van der Waals surface area contributed by atoms with Gasteiger partial charge in [0, 0.05) is 29.7 Å². The second kappa shape index (κ2) is 13.2. The summed E-state index contributed by atoms with van der Waals surface area (Å²) in [5.41, 5.74) is 0.479. The van der Waals surface area contributed by atoms with E-state index in [1.54, 1.807) is 26.2 Å². The molecular weight excluding hydrogens is 483 g/mol. The van der Waals surface area contributed by atoms with Crippen LogP contribution >= 0.6 is 11.6 Å². The van der Waals surface area contributed by atoms with Gasteiger partial charge in [-0.15, -0.1) is 0 Å². The van der Waals surface area contributed by atoms with Gasteiger partial charge in [0.2, 0.25) is 0 Å². The van der Waals surface area contributed by atoms with Crippen LogP contribution < -0.4 is 10.2 Å². The van der Waals surface area contributed by atoms with Gasteiger partial charge in [-0.2, -0.15) is 18.2 Å². The highest BCUT2D eigenvalue weighted by atomic mass is 35.5. The molecule has 2 aromatic rings. The third-order valence-corrected chi connectivity index (χ3v) is 6.05. The van der Waals surface area contributed by atoms with E-state index in [-0.39, 0.29) is 23.7 Å². The molecule has 0 saturated carbocycles. The summed E-state index contributed by atoms with van der Waals surface area (Å²) in [7, 11) is 0. The summed E-state index contributed by atoms with van der Waals surface area (Å²) < 4.78 is 49.8. The Kier molecular flexibility index (Phi) is 10.9. The Morgan fingerprint density at radius 1 is 1.23 bits per heavy atom. The topological polar surface area (TPSA) is 67.6 Å². The molecule has 0 bridgehead atoms. The second-order valence-corrected chi connectivity index (χ2v) is 9.47. The second-order valence-electron chi connectivity index (χ2n) is 9.03. The molecule has 2 atom stereocenters. The molecule has 1 aliphatic rings. The van der Waals surface area contributed by atoms with Crippen molar-refractivity contribution in [1.29, 1.82) is 0 Å². The van der Waals surface area contributed by atoms with E-state index in [0.29, 0.717) is 30.1 Å². The van der Waals surface area contributed by atoms with Crippen LogP contribution in [0.4, 0.5) is 19.2 Å². The average molecular weight is 518 g/mol. The number of hydrogen-bond donors (Lipinski definition) is 1. The van der Waals surface area contributed by atoms with E-state index in [2.05, 4.69) is 28.9 Å². The highest BCUT2D eigenvalue weighted by Gasteiger charge is 2.34. The maximum absolute atomic E-state index is 13.2. The van der Waals surface area contributed by atoms with Gasteiger partial charge in [0.25, 0.3) is 12.5 Å². The number of carbonyl (C=O) groups is 1. The number of anilines is 1. The predicted octanol–water partition coefficient (Wildman–Crippen LogP) is 6.54. The van der Waals surface area contributed by atoms with Gasteiger partial charge in [0.15, 0.2) is 0 Å². The van der Waals surface area contributed by atoms with E-state index in [9.17, 15) is 18.0 Å². The van der Waals surface area contributed by atoms with Crippen molar-refractivity contribution >= 4 is 24.1 Å². The summed E-state index contributed by atoms with van der Waals surface area (Å²) in [5, 5.41) is 3.72. The summed E-state index contributed by atoms with van der Waals surface area (Å²) in [6.07, 6.45) is 0.878. The molecule has 1 saturated heterocycles. The first kappa shape index (κ1) is 29.0. The Bertz CT molecular complexity index is 924. The summed E-state index contributed by atoms with van der Waals surface area (Å²) in [6.45, 7) is 10.4. The van der Waals surface area contributed by atoms with Gasteiger partial charge < -0.3 is 19.4 Å². The number of benzene rings is 1. The maximum Gasteiger partial charge on any atom is 0.416 e. The van der Waals surface area contributed by atoms with Crippen molar-refractivity contribution < 1.29 is 27.1 Å². The first-order valence-electron chi connectivity index (χ1n) is 11.9. The lowest BCUT2D eigenvalue weighted by Crippen LogP contribution is -2.52. The van der Waals surface area contributed by atoms with Crippen LogP contribution in [0, 0.1) is 6.92 Å². The van der Waals surface area contributed by atoms with E-state index < -0.39 is 11.7 Å². The molecule has 0 amide bonds. The summed E-state index contributed by atoms with van der Waals surface area (Å²) >= 11 is 6.00. The van der Waals surface area contributed by atoms with E-state index in [0.717, 1.165) is 43.5 Å². The number of nitrogens with zero attached hydrogens (tertiary/aromatic N) is 2. The van der Waals surface area contributed by atoms with Gasteiger partial charge in [0.1, 0.15) is 6.26 Å². The molecule has 1 aromatic carbocycles. The van der Waals surface area contributed by atoms with Gasteiger partial charge in [-0.05, 0) is 70.2 Å². The molecule has 6 nitrogen and oxygen atoms in total. The fourth-order valence-corrected chi connectivity index (χ4v) is 4.34.